The van der Waals surface area contributed by atoms with Crippen LogP contribution in [0.15, 0.2) is 47.4 Å². The number of carbonyl (C=O) groups excluding carboxylic acids is 3. The molecular weight excluding hydrogens is 428 g/mol. The van der Waals surface area contributed by atoms with Gasteiger partial charge in [0.15, 0.2) is 17.6 Å². The maximum Gasteiger partial charge on any atom is 0.327 e. The van der Waals surface area contributed by atoms with E-state index in [-0.39, 0.29) is 10.5 Å². The quantitative estimate of drug-likeness (QED) is 0.678. The fraction of sp³-hybridized carbons (Fsp3) is 0.250. The van der Waals surface area contributed by atoms with E-state index in [4.69, 9.17) is 14.2 Å². The van der Waals surface area contributed by atoms with Gasteiger partial charge >= 0.3 is 5.97 Å². The summed E-state index contributed by atoms with van der Waals surface area (Å²) in [5.74, 6) is -1.45. The Kier molecular flexibility index (Phi) is 5.27. The molecular formula is C20H18N2O8S. The van der Waals surface area contributed by atoms with Gasteiger partial charge in [0.2, 0.25) is 0 Å². The minimum atomic E-state index is -4.15. The van der Waals surface area contributed by atoms with E-state index in [0.29, 0.717) is 34.7 Å². The molecule has 0 radical (unpaired) electrons. The predicted molar refractivity (Wildman–Crippen MR) is 106 cm³/mol. The predicted octanol–water partition coefficient (Wildman–Crippen LogP) is 1.17. The molecule has 4 rings (SSSR count). The molecule has 10 nitrogen and oxygen atoms in total. The molecule has 0 fully saturated rings. The van der Waals surface area contributed by atoms with Gasteiger partial charge in [0.05, 0.1) is 5.56 Å². The second kappa shape index (κ2) is 7.91. The summed E-state index contributed by atoms with van der Waals surface area (Å²) in [5, 5.41) is 2.58. The van der Waals surface area contributed by atoms with Gasteiger partial charge in [-0.1, -0.05) is 12.1 Å². The van der Waals surface area contributed by atoms with E-state index < -0.39 is 40.5 Å². The Balaban J connectivity index is 1.38. The third-order valence-corrected chi connectivity index (χ3v) is 6.46. The number of benzene rings is 2. The summed E-state index contributed by atoms with van der Waals surface area (Å²) in [5.41, 5.74) is 0.393. The molecule has 2 aliphatic heterocycles. The summed E-state index contributed by atoms with van der Waals surface area (Å²) in [7, 11) is -4.15. The molecule has 2 aliphatic rings. The van der Waals surface area contributed by atoms with Gasteiger partial charge in [0.1, 0.15) is 24.7 Å². The van der Waals surface area contributed by atoms with Crippen LogP contribution in [0.5, 0.6) is 11.5 Å². The molecule has 2 aromatic carbocycles. The van der Waals surface area contributed by atoms with Gasteiger partial charge < -0.3 is 19.5 Å². The normalized spacial score (nSPS) is 16.9. The molecule has 162 valence electrons. The first-order chi connectivity index (χ1) is 14.8. The zero-order valence-electron chi connectivity index (χ0n) is 16.4. The SMILES string of the molecule is C[C@H](OC(=O)CN1C(=O)c2ccccc2S1(=O)=O)C(=O)Nc1ccc2c(c1)OCCO2. The smallest absolute Gasteiger partial charge is 0.327 e. The molecule has 0 aromatic heterocycles. The number of nitrogens with one attached hydrogen (secondary N) is 1. The molecule has 1 N–H and O–H groups in total. The molecule has 1 atom stereocenters. The van der Waals surface area contributed by atoms with Gasteiger partial charge in [-0.3, -0.25) is 14.4 Å². The van der Waals surface area contributed by atoms with Crippen LogP contribution >= 0.6 is 0 Å². The average Bonchev–Trinajstić information content (AvgIpc) is 2.94. The summed E-state index contributed by atoms with van der Waals surface area (Å²) in [6.07, 6.45) is -1.23. The average molecular weight is 446 g/mol. The first kappa shape index (κ1) is 20.7. The van der Waals surface area contributed by atoms with Crippen molar-refractivity contribution in [1.82, 2.24) is 4.31 Å². The van der Waals surface area contributed by atoms with Crippen molar-refractivity contribution < 1.29 is 37.0 Å². The van der Waals surface area contributed by atoms with Crippen molar-refractivity contribution >= 4 is 33.5 Å². The monoisotopic (exact) mass is 446 g/mol. The molecule has 0 bridgehead atoms. The van der Waals surface area contributed by atoms with E-state index in [9.17, 15) is 22.8 Å². The lowest BCUT2D eigenvalue weighted by Crippen LogP contribution is -2.38. The Morgan fingerprint density at radius 3 is 2.58 bits per heavy atom. The number of esters is 1. The van der Waals surface area contributed by atoms with E-state index in [1.165, 1.54) is 31.2 Å². The highest BCUT2D eigenvalue weighted by molar-refractivity contribution is 7.90. The molecule has 0 spiro atoms. The van der Waals surface area contributed by atoms with Crippen LogP contribution in [-0.4, -0.2) is 56.4 Å². The van der Waals surface area contributed by atoms with Crippen LogP contribution in [0.1, 0.15) is 17.3 Å². The van der Waals surface area contributed by atoms with Gasteiger partial charge in [-0.2, -0.15) is 0 Å². The first-order valence-electron chi connectivity index (χ1n) is 9.33. The van der Waals surface area contributed by atoms with Gasteiger partial charge in [-0.25, -0.2) is 12.7 Å². The Labute approximate surface area is 177 Å². The van der Waals surface area contributed by atoms with Crippen LogP contribution in [0.3, 0.4) is 0 Å². The van der Waals surface area contributed by atoms with Crippen LogP contribution in [0.4, 0.5) is 5.69 Å². The number of sulfonamides is 1. The van der Waals surface area contributed by atoms with Crippen LogP contribution in [0.2, 0.25) is 0 Å². The Morgan fingerprint density at radius 1 is 1.13 bits per heavy atom. The summed E-state index contributed by atoms with van der Waals surface area (Å²) < 4.78 is 41.3. The number of amides is 2. The van der Waals surface area contributed by atoms with Gasteiger partial charge in [-0.15, -0.1) is 0 Å². The van der Waals surface area contributed by atoms with Crippen LogP contribution in [0, 0.1) is 0 Å². The highest BCUT2D eigenvalue weighted by Gasteiger charge is 2.42. The molecule has 0 aliphatic carbocycles. The highest BCUT2D eigenvalue weighted by atomic mass is 32.2. The fourth-order valence-electron chi connectivity index (χ4n) is 3.16. The number of anilines is 1. The molecule has 0 saturated heterocycles. The third-order valence-electron chi connectivity index (χ3n) is 4.67. The van der Waals surface area contributed by atoms with Crippen molar-refractivity contribution in [3.8, 4) is 11.5 Å². The van der Waals surface area contributed by atoms with Crippen molar-refractivity contribution in [2.75, 3.05) is 25.1 Å². The van der Waals surface area contributed by atoms with E-state index in [1.807, 2.05) is 0 Å². The van der Waals surface area contributed by atoms with Crippen molar-refractivity contribution in [2.24, 2.45) is 0 Å². The topological polar surface area (TPSA) is 128 Å². The van der Waals surface area contributed by atoms with E-state index >= 15 is 0 Å². The minimum Gasteiger partial charge on any atom is -0.486 e. The van der Waals surface area contributed by atoms with E-state index in [0.717, 1.165) is 0 Å². The lowest BCUT2D eigenvalue weighted by Gasteiger charge is -2.20. The summed E-state index contributed by atoms with van der Waals surface area (Å²) in [4.78, 5) is 36.8. The molecule has 0 unspecified atom stereocenters. The fourth-order valence-corrected chi connectivity index (χ4v) is 4.67. The van der Waals surface area contributed by atoms with Gasteiger partial charge in [0.25, 0.3) is 21.8 Å². The maximum absolute atomic E-state index is 12.5. The number of carbonyl (C=O) groups is 3. The summed E-state index contributed by atoms with van der Waals surface area (Å²) >= 11 is 0. The Morgan fingerprint density at radius 2 is 1.84 bits per heavy atom. The molecule has 0 saturated carbocycles. The van der Waals surface area contributed by atoms with E-state index in [2.05, 4.69) is 5.32 Å². The lowest BCUT2D eigenvalue weighted by atomic mass is 10.2. The Bertz CT molecular complexity index is 1180. The van der Waals surface area contributed by atoms with Gasteiger partial charge in [0, 0.05) is 11.8 Å². The number of rotatable bonds is 5. The van der Waals surface area contributed by atoms with Crippen molar-refractivity contribution in [3.63, 3.8) is 0 Å². The largest absolute Gasteiger partial charge is 0.486 e. The van der Waals surface area contributed by atoms with Crippen molar-refractivity contribution in [3.05, 3.63) is 48.0 Å². The number of hydrogen-bond donors (Lipinski definition) is 1. The number of fused-ring (bicyclic) bond motifs is 2. The highest BCUT2D eigenvalue weighted by Crippen LogP contribution is 2.33. The molecule has 2 amide bonds. The summed E-state index contributed by atoms with van der Waals surface area (Å²) in [6.45, 7) is 1.32. The van der Waals surface area contributed by atoms with E-state index in [1.54, 1.807) is 18.2 Å². The van der Waals surface area contributed by atoms with Crippen molar-refractivity contribution in [1.29, 1.82) is 0 Å². The van der Waals surface area contributed by atoms with Crippen LogP contribution < -0.4 is 14.8 Å². The van der Waals surface area contributed by atoms with Gasteiger partial charge in [-0.05, 0) is 31.2 Å². The zero-order chi connectivity index (χ0) is 22.2. The lowest BCUT2D eigenvalue weighted by molar-refractivity contribution is -0.152. The first-order valence-corrected chi connectivity index (χ1v) is 10.8. The number of nitrogens with zero attached hydrogens (tertiary/aromatic N) is 1. The molecule has 2 heterocycles. The number of ether oxygens (including phenoxy) is 3. The second-order valence-corrected chi connectivity index (χ2v) is 8.62. The molecule has 11 heteroatoms. The Hall–Kier alpha value is -3.60. The third kappa shape index (κ3) is 3.91. The zero-order valence-corrected chi connectivity index (χ0v) is 17.2. The maximum atomic E-state index is 12.5. The molecule has 2 aromatic rings. The van der Waals surface area contributed by atoms with Crippen molar-refractivity contribution in [2.45, 2.75) is 17.9 Å². The number of hydrogen-bond acceptors (Lipinski definition) is 8. The summed E-state index contributed by atoms with van der Waals surface area (Å²) in [6, 6.07) is 10.5. The second-order valence-electron chi connectivity index (χ2n) is 6.79. The van der Waals surface area contributed by atoms with Crippen LogP contribution in [0.25, 0.3) is 0 Å². The standard InChI is InChI=1S/C20H18N2O8S/c1-12(19(24)21-13-6-7-15-16(10-13)29-9-8-28-15)30-18(23)11-22-20(25)14-4-2-3-5-17(14)31(22,26)27/h2-7,10,12H,8-9,11H2,1H3,(H,21,24)/t12-/m0/s1. The van der Waals surface area contributed by atoms with Crippen LogP contribution in [-0.2, 0) is 24.3 Å². The molecule has 31 heavy (non-hydrogen) atoms. The minimum absolute atomic E-state index is 0.0142.